The lowest BCUT2D eigenvalue weighted by Gasteiger charge is -2.15. The number of pyridine rings is 1. The molecule has 8 aromatic carbocycles. The molecule has 0 unspecified atom stereocenters. The van der Waals surface area contributed by atoms with Gasteiger partial charge in [0.15, 0.2) is 23.1 Å². The van der Waals surface area contributed by atoms with Gasteiger partial charge in [0.05, 0.1) is 22.9 Å². The standard InChI is InChI=1S/C50H29N5O/c1-2-11-33-30(10-1)20-21-31-22-23-32(28-41(31)33)48-52-49(54-50(53-48)40-16-9-19-45-47(40)39-26-27-51-29-46(39)56-45)38-24-25-44(35-13-4-3-12-34(35)38)55-42-17-7-5-14-36(42)37-15-6-8-18-43(37)55/h1-29H. The van der Waals surface area contributed by atoms with E-state index in [9.17, 15) is 0 Å². The Morgan fingerprint density at radius 3 is 1.86 bits per heavy atom. The minimum atomic E-state index is 0.573. The van der Waals surface area contributed by atoms with Crippen molar-refractivity contribution in [1.82, 2.24) is 24.5 Å². The lowest BCUT2D eigenvalue weighted by molar-refractivity contribution is 0.667. The van der Waals surface area contributed by atoms with E-state index in [1.807, 2.05) is 18.2 Å². The summed E-state index contributed by atoms with van der Waals surface area (Å²) in [7, 11) is 0. The summed E-state index contributed by atoms with van der Waals surface area (Å²) in [5.74, 6) is 1.77. The largest absolute Gasteiger partial charge is 0.454 e. The van der Waals surface area contributed by atoms with Crippen LogP contribution in [0.3, 0.4) is 0 Å². The highest BCUT2D eigenvalue weighted by molar-refractivity contribution is 6.13. The molecule has 6 heteroatoms. The lowest BCUT2D eigenvalue weighted by Crippen LogP contribution is -2.02. The molecular formula is C50H29N5O. The van der Waals surface area contributed by atoms with Crippen molar-refractivity contribution in [3.05, 3.63) is 176 Å². The van der Waals surface area contributed by atoms with Crippen molar-refractivity contribution in [3.63, 3.8) is 0 Å². The Labute approximate surface area is 320 Å². The zero-order valence-electron chi connectivity index (χ0n) is 29.9. The second-order valence-electron chi connectivity index (χ2n) is 14.2. The number of hydrogen-bond donors (Lipinski definition) is 0. The summed E-state index contributed by atoms with van der Waals surface area (Å²) in [4.78, 5) is 20.2. The fraction of sp³-hybridized carbons (Fsp3) is 0. The van der Waals surface area contributed by atoms with Gasteiger partial charge >= 0.3 is 0 Å². The minimum absolute atomic E-state index is 0.573. The molecule has 0 fully saturated rings. The third-order valence-electron chi connectivity index (χ3n) is 11.1. The number of aromatic nitrogens is 5. The number of hydrogen-bond acceptors (Lipinski definition) is 5. The van der Waals surface area contributed by atoms with Gasteiger partial charge in [-0.3, -0.25) is 4.98 Å². The average molecular weight is 716 g/mol. The summed E-state index contributed by atoms with van der Waals surface area (Å²) in [6, 6.07) is 57.5. The molecule has 0 radical (unpaired) electrons. The van der Waals surface area contributed by atoms with Crippen LogP contribution in [0.25, 0.3) is 116 Å². The molecule has 12 aromatic rings. The van der Waals surface area contributed by atoms with Crippen molar-refractivity contribution in [3.8, 4) is 39.9 Å². The first-order chi connectivity index (χ1) is 27.8. The quantitative estimate of drug-likeness (QED) is 0.170. The zero-order valence-corrected chi connectivity index (χ0v) is 29.9. The SMILES string of the molecule is c1ccc2c(c1)ccc1ccc(-c3nc(-c4ccc(-n5c6ccccc6c6ccccc65)c5ccccc45)nc(-c4cccc5oc6cnccc6c45)n3)cc12. The number of para-hydroxylation sites is 2. The molecule has 0 spiro atoms. The smallest absolute Gasteiger partial charge is 0.164 e. The highest BCUT2D eigenvalue weighted by Crippen LogP contribution is 2.40. The van der Waals surface area contributed by atoms with Gasteiger partial charge in [0, 0.05) is 49.8 Å². The molecule has 6 nitrogen and oxygen atoms in total. The maximum absolute atomic E-state index is 6.26. The predicted octanol–water partition coefficient (Wildman–Crippen LogP) is 12.7. The molecular weight excluding hydrogens is 687 g/mol. The van der Waals surface area contributed by atoms with Crippen molar-refractivity contribution < 1.29 is 4.42 Å². The number of nitrogens with zero attached hydrogens (tertiary/aromatic N) is 5. The van der Waals surface area contributed by atoms with Crippen LogP contribution in [0.5, 0.6) is 0 Å². The predicted molar refractivity (Wildman–Crippen MR) is 228 cm³/mol. The molecule has 0 aliphatic rings. The Morgan fingerprint density at radius 2 is 1.05 bits per heavy atom. The zero-order chi connectivity index (χ0) is 36.7. The summed E-state index contributed by atoms with van der Waals surface area (Å²) in [6.45, 7) is 0. The van der Waals surface area contributed by atoms with E-state index in [0.29, 0.717) is 17.5 Å². The van der Waals surface area contributed by atoms with E-state index in [2.05, 4.69) is 155 Å². The number of furan rings is 1. The van der Waals surface area contributed by atoms with E-state index in [1.165, 1.54) is 21.5 Å². The van der Waals surface area contributed by atoms with Crippen LogP contribution >= 0.6 is 0 Å². The maximum atomic E-state index is 6.26. The van der Waals surface area contributed by atoms with Gasteiger partial charge in [-0.1, -0.05) is 121 Å². The van der Waals surface area contributed by atoms with E-state index in [0.717, 1.165) is 76.9 Å². The van der Waals surface area contributed by atoms with E-state index in [4.69, 9.17) is 19.4 Å². The van der Waals surface area contributed by atoms with E-state index < -0.39 is 0 Å². The summed E-state index contributed by atoms with van der Waals surface area (Å²) < 4.78 is 8.64. The van der Waals surface area contributed by atoms with E-state index >= 15 is 0 Å². The van der Waals surface area contributed by atoms with Crippen molar-refractivity contribution in [2.75, 3.05) is 0 Å². The highest BCUT2D eigenvalue weighted by atomic mass is 16.3. The third kappa shape index (κ3) is 4.56. The third-order valence-corrected chi connectivity index (χ3v) is 11.1. The van der Waals surface area contributed by atoms with Gasteiger partial charge < -0.3 is 8.98 Å². The van der Waals surface area contributed by atoms with Crippen LogP contribution < -0.4 is 0 Å². The first-order valence-electron chi connectivity index (χ1n) is 18.7. The molecule has 0 aliphatic carbocycles. The molecule has 0 saturated carbocycles. The van der Waals surface area contributed by atoms with Gasteiger partial charge in [-0.15, -0.1) is 0 Å². The molecule has 0 N–H and O–H groups in total. The second-order valence-corrected chi connectivity index (χ2v) is 14.2. The molecule has 0 saturated heterocycles. The molecule has 12 rings (SSSR count). The maximum Gasteiger partial charge on any atom is 0.164 e. The number of benzene rings is 8. The Bertz CT molecular complexity index is 3510. The van der Waals surface area contributed by atoms with Crippen LogP contribution in [0.15, 0.2) is 181 Å². The highest BCUT2D eigenvalue weighted by Gasteiger charge is 2.21. The molecule has 260 valence electrons. The van der Waals surface area contributed by atoms with Gasteiger partial charge in [0.25, 0.3) is 0 Å². The van der Waals surface area contributed by atoms with Crippen LogP contribution in [0.4, 0.5) is 0 Å². The van der Waals surface area contributed by atoms with Crippen molar-refractivity contribution in [2.24, 2.45) is 0 Å². The Kier molecular flexibility index (Phi) is 6.53. The lowest BCUT2D eigenvalue weighted by atomic mass is 9.99. The molecule has 4 aromatic heterocycles. The van der Waals surface area contributed by atoms with E-state index in [1.54, 1.807) is 12.4 Å². The Morgan fingerprint density at radius 1 is 0.411 bits per heavy atom. The number of fused-ring (bicyclic) bond motifs is 10. The Hall–Kier alpha value is -7.70. The summed E-state index contributed by atoms with van der Waals surface area (Å²) in [5.41, 5.74) is 7.61. The second kappa shape index (κ2) is 11.9. The molecule has 0 atom stereocenters. The van der Waals surface area contributed by atoms with E-state index in [-0.39, 0.29) is 0 Å². The fourth-order valence-electron chi connectivity index (χ4n) is 8.61. The molecule has 56 heavy (non-hydrogen) atoms. The Balaban J connectivity index is 1.13. The van der Waals surface area contributed by atoms with Crippen molar-refractivity contribution in [1.29, 1.82) is 0 Å². The van der Waals surface area contributed by atoms with Gasteiger partial charge in [-0.05, 0) is 69.4 Å². The first kappa shape index (κ1) is 30.7. The van der Waals surface area contributed by atoms with Gasteiger partial charge in [-0.2, -0.15) is 0 Å². The average Bonchev–Trinajstić information content (AvgIpc) is 3.82. The van der Waals surface area contributed by atoms with Crippen molar-refractivity contribution >= 4 is 76.1 Å². The van der Waals surface area contributed by atoms with Crippen molar-refractivity contribution in [2.45, 2.75) is 0 Å². The van der Waals surface area contributed by atoms with Crippen LogP contribution in [-0.2, 0) is 0 Å². The van der Waals surface area contributed by atoms with Gasteiger partial charge in [0.2, 0.25) is 0 Å². The molecule has 0 amide bonds. The fourth-order valence-corrected chi connectivity index (χ4v) is 8.61. The summed E-state index contributed by atoms with van der Waals surface area (Å²) in [5, 5.41) is 11.2. The van der Waals surface area contributed by atoms with Crippen LogP contribution in [0.2, 0.25) is 0 Å². The minimum Gasteiger partial charge on any atom is -0.454 e. The van der Waals surface area contributed by atoms with Gasteiger partial charge in [0.1, 0.15) is 5.58 Å². The number of rotatable bonds is 4. The first-order valence-corrected chi connectivity index (χ1v) is 18.7. The molecule has 0 bridgehead atoms. The van der Waals surface area contributed by atoms with Crippen LogP contribution in [0, 0.1) is 0 Å². The topological polar surface area (TPSA) is 69.6 Å². The summed E-state index contributed by atoms with van der Waals surface area (Å²) >= 11 is 0. The monoisotopic (exact) mass is 715 g/mol. The normalized spacial score (nSPS) is 11.9. The summed E-state index contributed by atoms with van der Waals surface area (Å²) in [6.07, 6.45) is 3.55. The van der Waals surface area contributed by atoms with Crippen LogP contribution in [0.1, 0.15) is 0 Å². The van der Waals surface area contributed by atoms with Crippen LogP contribution in [-0.4, -0.2) is 24.5 Å². The molecule has 4 heterocycles. The molecule has 0 aliphatic heterocycles. The van der Waals surface area contributed by atoms with Gasteiger partial charge in [-0.25, -0.2) is 15.0 Å².